The van der Waals surface area contributed by atoms with Crippen LogP contribution in [0.5, 0.6) is 0 Å². The maximum absolute atomic E-state index is 12.4. The fourth-order valence-electron chi connectivity index (χ4n) is 3.80. The Bertz CT molecular complexity index is 592. The van der Waals surface area contributed by atoms with Crippen molar-refractivity contribution in [1.82, 2.24) is 0 Å². The number of nitriles is 1. The minimum atomic E-state index is -0.229. The van der Waals surface area contributed by atoms with Crippen LogP contribution >= 0.6 is 0 Å². The van der Waals surface area contributed by atoms with Crippen LogP contribution in [0.15, 0.2) is 24.3 Å². The number of ether oxygens (including phenoxy) is 1. The number of benzene rings is 1. The number of carbonyl (C=O) groups is 1. The van der Waals surface area contributed by atoms with Crippen LogP contribution in [0, 0.1) is 16.7 Å². The van der Waals surface area contributed by atoms with E-state index in [2.05, 4.69) is 19.9 Å². The van der Waals surface area contributed by atoms with Gasteiger partial charge in [-0.1, -0.05) is 51.7 Å². The molecular formula is C23H33NO2. The molecule has 0 atom stereocenters. The van der Waals surface area contributed by atoms with Crippen molar-refractivity contribution in [3.05, 3.63) is 35.4 Å². The lowest BCUT2D eigenvalue weighted by molar-refractivity contribution is 0.0105. The third kappa shape index (κ3) is 5.87. The van der Waals surface area contributed by atoms with Gasteiger partial charge < -0.3 is 4.74 Å². The van der Waals surface area contributed by atoms with E-state index < -0.39 is 0 Å². The van der Waals surface area contributed by atoms with Gasteiger partial charge in [0.15, 0.2) is 0 Å². The highest BCUT2D eigenvalue weighted by Gasteiger charge is 2.36. The van der Waals surface area contributed by atoms with Crippen LogP contribution in [0.3, 0.4) is 0 Å². The average molecular weight is 356 g/mol. The van der Waals surface area contributed by atoms with Gasteiger partial charge in [0, 0.05) is 0 Å². The largest absolute Gasteiger partial charge is 0.459 e. The lowest BCUT2D eigenvalue weighted by atomic mass is 9.71. The molecule has 0 spiro atoms. The molecule has 0 unspecified atom stereocenters. The third-order valence-electron chi connectivity index (χ3n) is 5.67. The Morgan fingerprint density at radius 1 is 1.12 bits per heavy atom. The van der Waals surface area contributed by atoms with Gasteiger partial charge in [-0.25, -0.2) is 4.79 Å². The summed E-state index contributed by atoms with van der Waals surface area (Å²) in [5.74, 6) is -0.229. The molecule has 0 amide bonds. The number of esters is 1. The molecule has 1 aromatic rings. The summed E-state index contributed by atoms with van der Waals surface area (Å²) in [6.07, 6.45) is 11.2. The SMILES string of the molecule is CCCCCc1ccc(C(=O)OC2CCC(C#N)(CCCC)CC2)cc1. The van der Waals surface area contributed by atoms with E-state index in [1.807, 2.05) is 24.3 Å². The van der Waals surface area contributed by atoms with Crippen molar-refractivity contribution in [2.45, 2.75) is 90.6 Å². The fraction of sp³-hybridized carbons (Fsp3) is 0.652. The summed E-state index contributed by atoms with van der Waals surface area (Å²) in [5, 5.41) is 9.56. The highest BCUT2D eigenvalue weighted by atomic mass is 16.5. The second-order valence-electron chi connectivity index (χ2n) is 7.75. The van der Waals surface area contributed by atoms with E-state index in [0.717, 1.165) is 51.4 Å². The van der Waals surface area contributed by atoms with Gasteiger partial charge in [0.05, 0.1) is 17.0 Å². The van der Waals surface area contributed by atoms with Gasteiger partial charge in [-0.15, -0.1) is 0 Å². The van der Waals surface area contributed by atoms with Crippen LogP contribution < -0.4 is 0 Å². The Morgan fingerprint density at radius 2 is 1.77 bits per heavy atom. The smallest absolute Gasteiger partial charge is 0.338 e. The highest BCUT2D eigenvalue weighted by Crippen LogP contribution is 2.41. The number of unbranched alkanes of at least 4 members (excludes halogenated alkanes) is 3. The van der Waals surface area contributed by atoms with E-state index in [-0.39, 0.29) is 17.5 Å². The third-order valence-corrected chi connectivity index (χ3v) is 5.67. The van der Waals surface area contributed by atoms with E-state index in [1.54, 1.807) is 0 Å². The monoisotopic (exact) mass is 355 g/mol. The quantitative estimate of drug-likeness (QED) is 0.390. The van der Waals surface area contributed by atoms with E-state index in [9.17, 15) is 10.1 Å². The van der Waals surface area contributed by atoms with Crippen molar-refractivity contribution >= 4 is 5.97 Å². The highest BCUT2D eigenvalue weighted by molar-refractivity contribution is 5.89. The van der Waals surface area contributed by atoms with E-state index in [4.69, 9.17) is 4.74 Å². The summed E-state index contributed by atoms with van der Waals surface area (Å²) in [6, 6.07) is 10.4. The minimum absolute atomic E-state index is 0.0465. The predicted octanol–water partition coefficient (Wildman–Crippen LogP) is 6.22. The second kappa shape index (κ2) is 10.4. The van der Waals surface area contributed by atoms with Crippen LogP contribution in [-0.2, 0) is 11.2 Å². The van der Waals surface area contributed by atoms with Crippen molar-refractivity contribution in [3.63, 3.8) is 0 Å². The first-order valence-electron chi connectivity index (χ1n) is 10.3. The Hall–Kier alpha value is -1.82. The normalized spacial score (nSPS) is 22.6. The molecule has 0 saturated heterocycles. The minimum Gasteiger partial charge on any atom is -0.459 e. The summed E-state index contributed by atoms with van der Waals surface area (Å²) >= 11 is 0. The zero-order chi connectivity index (χ0) is 18.8. The predicted molar refractivity (Wildman–Crippen MR) is 105 cm³/mol. The molecule has 1 fully saturated rings. The van der Waals surface area contributed by atoms with Crippen molar-refractivity contribution in [2.75, 3.05) is 0 Å². The van der Waals surface area contributed by atoms with Gasteiger partial charge in [-0.3, -0.25) is 0 Å². The lowest BCUT2D eigenvalue weighted by Gasteiger charge is -2.34. The Kier molecular flexibility index (Phi) is 8.16. The lowest BCUT2D eigenvalue weighted by Crippen LogP contribution is -2.31. The van der Waals surface area contributed by atoms with Gasteiger partial charge in [0.1, 0.15) is 6.10 Å². The zero-order valence-corrected chi connectivity index (χ0v) is 16.4. The van der Waals surface area contributed by atoms with Crippen LogP contribution in [0.4, 0.5) is 0 Å². The molecule has 1 aliphatic carbocycles. The standard InChI is InChI=1S/C23H33NO2/c1-3-5-7-8-19-9-11-20(12-10-19)22(25)26-21-13-16-23(18-24,17-14-21)15-6-4-2/h9-12,21H,3-8,13-17H2,1-2H3. The Balaban J connectivity index is 1.82. The van der Waals surface area contributed by atoms with E-state index >= 15 is 0 Å². The number of aryl methyl sites for hydroxylation is 1. The van der Waals surface area contributed by atoms with Crippen molar-refractivity contribution in [1.29, 1.82) is 5.26 Å². The number of hydrogen-bond acceptors (Lipinski definition) is 3. The van der Waals surface area contributed by atoms with Crippen molar-refractivity contribution < 1.29 is 9.53 Å². The summed E-state index contributed by atoms with van der Waals surface area (Å²) in [4.78, 5) is 12.4. The molecule has 0 N–H and O–H groups in total. The maximum atomic E-state index is 12.4. The first kappa shape index (κ1) is 20.5. The van der Waals surface area contributed by atoms with Gasteiger partial charge in [0.2, 0.25) is 0 Å². The van der Waals surface area contributed by atoms with Crippen molar-refractivity contribution in [2.24, 2.45) is 5.41 Å². The fourth-order valence-corrected chi connectivity index (χ4v) is 3.80. The maximum Gasteiger partial charge on any atom is 0.338 e. The summed E-state index contributed by atoms with van der Waals surface area (Å²) in [7, 11) is 0. The van der Waals surface area contributed by atoms with Gasteiger partial charge in [-0.05, 0) is 62.6 Å². The van der Waals surface area contributed by atoms with E-state index in [1.165, 1.54) is 24.8 Å². The molecule has 0 bridgehead atoms. The Morgan fingerprint density at radius 3 is 2.35 bits per heavy atom. The summed E-state index contributed by atoms with van der Waals surface area (Å²) in [6.45, 7) is 4.36. The molecule has 0 aromatic heterocycles. The molecule has 3 nitrogen and oxygen atoms in total. The molecule has 142 valence electrons. The number of nitrogens with zero attached hydrogens (tertiary/aromatic N) is 1. The molecule has 0 radical (unpaired) electrons. The number of rotatable bonds is 9. The van der Waals surface area contributed by atoms with E-state index in [0.29, 0.717) is 5.56 Å². The number of carbonyl (C=O) groups excluding carboxylic acids is 1. The molecule has 26 heavy (non-hydrogen) atoms. The topological polar surface area (TPSA) is 50.1 Å². The molecule has 1 aliphatic rings. The van der Waals surface area contributed by atoms with Gasteiger partial charge in [-0.2, -0.15) is 5.26 Å². The molecule has 1 aromatic carbocycles. The van der Waals surface area contributed by atoms with Crippen LogP contribution in [0.25, 0.3) is 0 Å². The summed E-state index contributed by atoms with van der Waals surface area (Å²) < 4.78 is 5.71. The number of hydrogen-bond donors (Lipinski definition) is 0. The molecule has 0 aliphatic heterocycles. The van der Waals surface area contributed by atoms with Crippen LogP contribution in [0.1, 0.15) is 94.0 Å². The summed E-state index contributed by atoms with van der Waals surface area (Å²) in [5.41, 5.74) is 1.72. The molecule has 2 rings (SSSR count). The Labute approximate surface area is 158 Å². The molecule has 3 heteroatoms. The second-order valence-corrected chi connectivity index (χ2v) is 7.75. The average Bonchev–Trinajstić information content (AvgIpc) is 2.68. The first-order chi connectivity index (χ1) is 12.6. The van der Waals surface area contributed by atoms with Crippen molar-refractivity contribution in [3.8, 4) is 6.07 Å². The first-order valence-corrected chi connectivity index (χ1v) is 10.3. The van der Waals surface area contributed by atoms with Crippen LogP contribution in [0.2, 0.25) is 0 Å². The molecular weight excluding hydrogens is 322 g/mol. The van der Waals surface area contributed by atoms with Gasteiger partial charge in [0.25, 0.3) is 0 Å². The zero-order valence-electron chi connectivity index (χ0n) is 16.4. The molecule has 0 heterocycles. The van der Waals surface area contributed by atoms with Crippen LogP contribution in [-0.4, -0.2) is 12.1 Å². The molecule has 1 saturated carbocycles. The van der Waals surface area contributed by atoms with Gasteiger partial charge >= 0.3 is 5.97 Å².